The van der Waals surface area contributed by atoms with Gasteiger partial charge in [-0.2, -0.15) is 13.2 Å². The third-order valence-electron chi connectivity index (χ3n) is 4.87. The van der Waals surface area contributed by atoms with Gasteiger partial charge < -0.3 is 10.6 Å². The van der Waals surface area contributed by atoms with Crippen LogP contribution in [0.25, 0.3) is 10.2 Å². The summed E-state index contributed by atoms with van der Waals surface area (Å²) in [6.45, 7) is 1.93. The van der Waals surface area contributed by atoms with Crippen molar-refractivity contribution in [3.63, 3.8) is 0 Å². The van der Waals surface area contributed by atoms with Crippen LogP contribution in [0.1, 0.15) is 36.1 Å². The van der Waals surface area contributed by atoms with Gasteiger partial charge in [-0.15, -0.1) is 11.3 Å². The highest BCUT2D eigenvalue weighted by Crippen LogP contribution is 2.34. The summed E-state index contributed by atoms with van der Waals surface area (Å²) in [7, 11) is 0. The monoisotopic (exact) mass is 458 g/mol. The molecule has 4 rings (SSSR count). The first-order valence-electron chi connectivity index (χ1n) is 9.96. The Balaban J connectivity index is 0.000000229. The Morgan fingerprint density at radius 2 is 1.71 bits per heavy atom. The van der Waals surface area contributed by atoms with Crippen molar-refractivity contribution in [3.05, 3.63) is 52.7 Å². The van der Waals surface area contributed by atoms with Crippen molar-refractivity contribution in [2.45, 2.75) is 44.8 Å². The first-order valence-corrected chi connectivity index (χ1v) is 10.8. The van der Waals surface area contributed by atoms with Gasteiger partial charge in [0.2, 0.25) is 0 Å². The minimum absolute atomic E-state index is 0.103. The second-order valence-corrected chi connectivity index (χ2v) is 8.38. The van der Waals surface area contributed by atoms with E-state index in [1.54, 1.807) is 6.07 Å². The van der Waals surface area contributed by atoms with E-state index in [4.69, 9.17) is 5.73 Å². The molecule has 0 atom stereocenters. The van der Waals surface area contributed by atoms with Crippen LogP contribution in [0.5, 0.6) is 0 Å². The van der Waals surface area contributed by atoms with E-state index in [0.29, 0.717) is 15.3 Å². The molecule has 0 aliphatic carbocycles. The van der Waals surface area contributed by atoms with E-state index in [0.717, 1.165) is 54.5 Å². The third-order valence-corrected chi connectivity index (χ3v) is 5.92. The van der Waals surface area contributed by atoms with E-state index in [1.165, 1.54) is 31.3 Å². The van der Waals surface area contributed by atoms with Crippen molar-refractivity contribution in [1.29, 1.82) is 0 Å². The molecule has 1 fully saturated rings. The van der Waals surface area contributed by atoms with Gasteiger partial charge in [-0.05, 0) is 25.0 Å². The number of anilines is 1. The molecule has 0 spiro atoms. The number of halogens is 5. The lowest BCUT2D eigenvalue weighted by atomic mass is 10.2. The molecule has 1 saturated heterocycles. The van der Waals surface area contributed by atoms with Gasteiger partial charge in [0.15, 0.2) is 0 Å². The number of hydrogen-bond acceptors (Lipinski definition) is 5. The van der Waals surface area contributed by atoms with Crippen molar-refractivity contribution >= 4 is 27.4 Å². The van der Waals surface area contributed by atoms with Crippen molar-refractivity contribution in [2.75, 3.05) is 18.0 Å². The van der Waals surface area contributed by atoms with Gasteiger partial charge in [0, 0.05) is 36.1 Å². The predicted molar refractivity (Wildman–Crippen MR) is 112 cm³/mol. The molecule has 2 N–H and O–H groups in total. The second kappa shape index (κ2) is 10.3. The predicted octanol–water partition coefficient (Wildman–Crippen LogP) is 5.60. The van der Waals surface area contributed by atoms with Gasteiger partial charge in [0.1, 0.15) is 28.6 Å². The second-order valence-electron chi connectivity index (χ2n) is 7.26. The average molecular weight is 459 g/mol. The molecule has 0 amide bonds. The van der Waals surface area contributed by atoms with Crippen molar-refractivity contribution in [2.24, 2.45) is 5.73 Å². The zero-order valence-corrected chi connectivity index (χ0v) is 17.6. The SMILES string of the molecule is FC(F)(F)Cc1cc2c(N3CCCCCC3)ncnc2s1.NCc1ccc(F)cc1F. The molecular weight excluding hydrogens is 435 g/mol. The maximum absolute atomic E-state index is 12.5. The van der Waals surface area contributed by atoms with Gasteiger partial charge in [-0.1, -0.05) is 18.9 Å². The molecule has 0 radical (unpaired) electrons. The number of nitrogens with zero attached hydrogens (tertiary/aromatic N) is 3. The fraction of sp³-hybridized carbons (Fsp3) is 0.429. The molecule has 0 saturated carbocycles. The summed E-state index contributed by atoms with van der Waals surface area (Å²) in [5.41, 5.74) is 5.47. The maximum Gasteiger partial charge on any atom is 0.393 e. The molecule has 2 aromatic heterocycles. The summed E-state index contributed by atoms with van der Waals surface area (Å²) in [6, 6.07) is 4.95. The van der Waals surface area contributed by atoms with Crippen LogP contribution in [0.4, 0.5) is 27.8 Å². The standard InChI is InChI=1S/C14H16F3N3S.C7H7F2N/c15-14(16,17)8-10-7-11-12(18-9-19-13(11)21-10)20-5-3-1-2-4-6-20;8-6-2-1-5(4-10)7(9)3-6/h7,9H,1-6,8H2;1-3H,4,10H2. The number of aromatic nitrogens is 2. The summed E-state index contributed by atoms with van der Waals surface area (Å²) >= 11 is 1.11. The molecule has 168 valence electrons. The van der Waals surface area contributed by atoms with E-state index in [2.05, 4.69) is 14.9 Å². The number of thiophene rings is 1. The summed E-state index contributed by atoms with van der Waals surface area (Å²) in [5, 5.41) is 0.753. The van der Waals surface area contributed by atoms with Crippen LogP contribution in [0, 0.1) is 11.6 Å². The fourth-order valence-corrected chi connectivity index (χ4v) is 4.42. The smallest absolute Gasteiger partial charge is 0.356 e. The Kier molecular flexibility index (Phi) is 7.77. The van der Waals surface area contributed by atoms with Crippen LogP contribution in [-0.4, -0.2) is 29.2 Å². The Morgan fingerprint density at radius 1 is 1.00 bits per heavy atom. The molecule has 3 heterocycles. The number of nitrogens with two attached hydrogens (primary N) is 1. The van der Waals surface area contributed by atoms with Crippen molar-refractivity contribution in [1.82, 2.24) is 9.97 Å². The zero-order valence-electron chi connectivity index (χ0n) is 16.8. The van der Waals surface area contributed by atoms with E-state index in [-0.39, 0.29) is 6.54 Å². The lowest BCUT2D eigenvalue weighted by Gasteiger charge is -2.21. The van der Waals surface area contributed by atoms with Crippen molar-refractivity contribution in [3.8, 4) is 0 Å². The van der Waals surface area contributed by atoms with Crippen LogP contribution < -0.4 is 10.6 Å². The number of hydrogen-bond donors (Lipinski definition) is 1. The molecular formula is C21H23F5N4S. The van der Waals surface area contributed by atoms with Crippen LogP contribution in [-0.2, 0) is 13.0 Å². The van der Waals surface area contributed by atoms with Crippen LogP contribution in [0.3, 0.4) is 0 Å². The summed E-state index contributed by atoms with van der Waals surface area (Å²) in [6.07, 6.45) is 0.985. The molecule has 1 aromatic carbocycles. The molecule has 0 unspecified atom stereocenters. The van der Waals surface area contributed by atoms with E-state index >= 15 is 0 Å². The Labute approximate surface area is 180 Å². The lowest BCUT2D eigenvalue weighted by molar-refractivity contribution is -0.126. The molecule has 1 aliphatic rings. The van der Waals surface area contributed by atoms with E-state index in [9.17, 15) is 22.0 Å². The zero-order chi connectivity index (χ0) is 22.4. The average Bonchev–Trinajstić information content (AvgIpc) is 2.91. The third kappa shape index (κ3) is 6.57. The molecule has 10 heteroatoms. The van der Waals surface area contributed by atoms with Gasteiger partial charge in [0.25, 0.3) is 0 Å². The van der Waals surface area contributed by atoms with Gasteiger partial charge >= 0.3 is 6.18 Å². The molecule has 1 aliphatic heterocycles. The van der Waals surface area contributed by atoms with Gasteiger partial charge in [-0.3, -0.25) is 0 Å². The Hall–Kier alpha value is -2.33. The quantitative estimate of drug-likeness (QED) is 0.519. The van der Waals surface area contributed by atoms with E-state index in [1.807, 2.05) is 0 Å². The topological polar surface area (TPSA) is 55.0 Å². The summed E-state index contributed by atoms with van der Waals surface area (Å²) in [4.78, 5) is 11.6. The highest BCUT2D eigenvalue weighted by molar-refractivity contribution is 7.18. The van der Waals surface area contributed by atoms with Crippen LogP contribution >= 0.6 is 11.3 Å². The lowest BCUT2D eigenvalue weighted by Crippen LogP contribution is -2.25. The van der Waals surface area contributed by atoms with Gasteiger partial charge in [0.05, 0.1) is 11.8 Å². The molecule has 0 bridgehead atoms. The minimum atomic E-state index is -4.18. The van der Waals surface area contributed by atoms with Crippen LogP contribution in [0.15, 0.2) is 30.6 Å². The normalized spacial score (nSPS) is 14.8. The number of alkyl halides is 3. The first-order chi connectivity index (χ1) is 14.8. The Bertz CT molecular complexity index is 997. The largest absolute Gasteiger partial charge is 0.393 e. The Morgan fingerprint density at radius 3 is 2.32 bits per heavy atom. The van der Waals surface area contributed by atoms with Crippen LogP contribution in [0.2, 0.25) is 0 Å². The number of fused-ring (bicyclic) bond motifs is 1. The summed E-state index contributed by atoms with van der Waals surface area (Å²) < 4.78 is 62.4. The highest BCUT2D eigenvalue weighted by Gasteiger charge is 2.29. The maximum atomic E-state index is 12.5. The molecule has 4 nitrogen and oxygen atoms in total. The number of benzene rings is 1. The highest BCUT2D eigenvalue weighted by atomic mass is 32.1. The summed E-state index contributed by atoms with van der Waals surface area (Å²) in [5.74, 6) is -0.372. The number of rotatable bonds is 3. The fourth-order valence-electron chi connectivity index (χ4n) is 3.40. The molecule has 3 aromatic rings. The molecule has 31 heavy (non-hydrogen) atoms. The van der Waals surface area contributed by atoms with Crippen molar-refractivity contribution < 1.29 is 22.0 Å². The first kappa shape index (κ1) is 23.3. The van der Waals surface area contributed by atoms with E-state index < -0.39 is 24.2 Å². The minimum Gasteiger partial charge on any atom is -0.356 e. The van der Waals surface area contributed by atoms with Gasteiger partial charge in [-0.25, -0.2) is 18.7 Å².